The Hall–Kier alpha value is -1.13. The Labute approximate surface area is 144 Å². The van der Waals surface area contributed by atoms with Crippen molar-refractivity contribution in [3.63, 3.8) is 0 Å². The first kappa shape index (κ1) is 17.7. The molecule has 0 aromatic heterocycles. The molecule has 4 heteroatoms. The van der Waals surface area contributed by atoms with Crippen LogP contribution in [0.25, 0.3) is 0 Å². The van der Waals surface area contributed by atoms with E-state index in [0.717, 1.165) is 32.1 Å². The lowest BCUT2D eigenvalue weighted by Gasteiger charge is -2.27. The molecule has 0 spiro atoms. The lowest BCUT2D eigenvalue weighted by atomic mass is 9.82. The van der Waals surface area contributed by atoms with Crippen molar-refractivity contribution in [2.75, 3.05) is 0 Å². The Bertz CT molecular complexity index is 552. The smallest absolute Gasteiger partial charge is 0.334 e. The number of rotatable bonds is 0. The van der Waals surface area contributed by atoms with Crippen LogP contribution in [-0.4, -0.2) is 35.0 Å². The molecule has 4 nitrogen and oxygen atoms in total. The molecule has 3 rings (SSSR count). The molecule has 0 aromatic carbocycles. The summed E-state index contributed by atoms with van der Waals surface area (Å²) >= 11 is 0. The number of fused-ring (bicyclic) bond motifs is 2. The topological polar surface area (TPSA) is 59.1 Å². The molecule has 0 radical (unpaired) electrons. The molecule has 1 unspecified atom stereocenters. The second-order valence-electron chi connectivity index (χ2n) is 8.11. The van der Waals surface area contributed by atoms with E-state index in [1.807, 2.05) is 6.92 Å². The Morgan fingerprint density at radius 3 is 2.92 bits per heavy atom. The summed E-state index contributed by atoms with van der Waals surface area (Å²) in [5.41, 5.74) is 1.79. The maximum absolute atomic E-state index is 12.0. The monoisotopic (exact) mass is 334 g/mol. The maximum Gasteiger partial charge on any atom is 0.334 e. The predicted octanol–water partition coefficient (Wildman–Crippen LogP) is 3.54. The van der Waals surface area contributed by atoms with Crippen LogP contribution >= 0.6 is 0 Å². The van der Waals surface area contributed by atoms with Crippen LogP contribution in [0, 0.1) is 11.8 Å². The number of aliphatic hydroxyl groups is 1. The van der Waals surface area contributed by atoms with E-state index in [9.17, 15) is 9.90 Å². The molecule has 24 heavy (non-hydrogen) atoms. The van der Waals surface area contributed by atoms with Gasteiger partial charge in [0.1, 0.15) is 6.10 Å². The van der Waals surface area contributed by atoms with Crippen LogP contribution < -0.4 is 0 Å². The summed E-state index contributed by atoms with van der Waals surface area (Å²) in [7, 11) is 0. The molecule has 2 fully saturated rings. The highest BCUT2D eigenvalue weighted by atomic mass is 16.6. The summed E-state index contributed by atoms with van der Waals surface area (Å²) in [5.74, 6) is -0.402. The van der Waals surface area contributed by atoms with Crippen LogP contribution in [0.4, 0.5) is 0 Å². The number of allylic oxidation sites excluding steroid dienone is 2. The molecular formula is C20H30O4. The summed E-state index contributed by atoms with van der Waals surface area (Å²) in [4.78, 5) is 12.0. The van der Waals surface area contributed by atoms with E-state index in [2.05, 4.69) is 26.5 Å². The quantitative estimate of drug-likeness (QED) is 0.319. The van der Waals surface area contributed by atoms with Gasteiger partial charge in [0.15, 0.2) is 0 Å². The molecule has 2 heterocycles. The molecule has 6 atom stereocenters. The number of ether oxygens (including phenoxy) is 2. The van der Waals surface area contributed by atoms with Gasteiger partial charge >= 0.3 is 5.97 Å². The van der Waals surface area contributed by atoms with Crippen LogP contribution in [-0.2, 0) is 14.3 Å². The fraction of sp³-hybridized carbons (Fsp3) is 0.750. The van der Waals surface area contributed by atoms with Crippen molar-refractivity contribution in [2.24, 2.45) is 11.8 Å². The molecule has 0 saturated carbocycles. The van der Waals surface area contributed by atoms with Gasteiger partial charge in [-0.3, -0.25) is 0 Å². The van der Waals surface area contributed by atoms with E-state index in [0.29, 0.717) is 12.0 Å². The fourth-order valence-corrected chi connectivity index (χ4v) is 4.16. The standard InChI is InChI=1S/C20H30O4/c1-12-7-5-9-13(2)17(21)18-15(14(3)19(22)23-18)11-16-20(4,24-16)10-6-8-12/h8,13,15-18,21H,3,5-7,9-11H2,1-2,4H3/b12-8+/t13-,15-,16+,17+,18+,20?/m0/s1. The molecule has 134 valence electrons. The van der Waals surface area contributed by atoms with Gasteiger partial charge in [-0.1, -0.05) is 25.2 Å². The number of esters is 1. The lowest BCUT2D eigenvalue weighted by Crippen LogP contribution is -2.37. The molecule has 0 aromatic rings. The van der Waals surface area contributed by atoms with Gasteiger partial charge in [0, 0.05) is 11.5 Å². The minimum atomic E-state index is -0.643. The van der Waals surface area contributed by atoms with Gasteiger partial charge in [-0.05, 0) is 58.3 Å². The van der Waals surface area contributed by atoms with Crippen molar-refractivity contribution >= 4 is 5.97 Å². The van der Waals surface area contributed by atoms with E-state index in [-0.39, 0.29) is 29.5 Å². The average molecular weight is 334 g/mol. The zero-order valence-electron chi connectivity index (χ0n) is 15.1. The summed E-state index contributed by atoms with van der Waals surface area (Å²) in [6.07, 6.45) is 7.07. The third-order valence-electron chi connectivity index (χ3n) is 6.14. The van der Waals surface area contributed by atoms with Crippen LogP contribution in [0.3, 0.4) is 0 Å². The molecule has 0 amide bonds. The molecule has 1 aliphatic carbocycles. The predicted molar refractivity (Wildman–Crippen MR) is 92.4 cm³/mol. The summed E-state index contributed by atoms with van der Waals surface area (Å²) < 4.78 is 11.4. The summed E-state index contributed by atoms with van der Waals surface area (Å²) in [6, 6.07) is 0. The molecule has 2 aliphatic heterocycles. The Balaban J connectivity index is 1.79. The van der Waals surface area contributed by atoms with Crippen molar-refractivity contribution in [1.29, 1.82) is 0 Å². The highest BCUT2D eigenvalue weighted by molar-refractivity contribution is 5.90. The van der Waals surface area contributed by atoms with E-state index < -0.39 is 12.2 Å². The largest absolute Gasteiger partial charge is 0.456 e. The van der Waals surface area contributed by atoms with E-state index >= 15 is 0 Å². The van der Waals surface area contributed by atoms with Crippen molar-refractivity contribution in [3.05, 3.63) is 23.8 Å². The molecule has 3 aliphatic rings. The Kier molecular flexibility index (Phi) is 4.89. The third-order valence-corrected chi connectivity index (χ3v) is 6.14. The lowest BCUT2D eigenvalue weighted by molar-refractivity contribution is -0.146. The minimum absolute atomic E-state index is 0.0958. The van der Waals surface area contributed by atoms with Crippen molar-refractivity contribution in [1.82, 2.24) is 0 Å². The van der Waals surface area contributed by atoms with Crippen LogP contribution in [0.15, 0.2) is 23.8 Å². The van der Waals surface area contributed by atoms with Gasteiger partial charge in [-0.2, -0.15) is 0 Å². The summed E-state index contributed by atoms with van der Waals surface area (Å²) in [5, 5.41) is 10.7. The van der Waals surface area contributed by atoms with Gasteiger partial charge in [0.2, 0.25) is 0 Å². The van der Waals surface area contributed by atoms with Gasteiger partial charge in [-0.25, -0.2) is 4.79 Å². The normalized spacial score (nSPS) is 46.2. The first-order chi connectivity index (χ1) is 11.3. The van der Waals surface area contributed by atoms with Crippen molar-refractivity contribution in [3.8, 4) is 0 Å². The first-order valence-electron chi connectivity index (χ1n) is 9.23. The van der Waals surface area contributed by atoms with Gasteiger partial charge in [0.05, 0.1) is 17.8 Å². The van der Waals surface area contributed by atoms with E-state index in [1.54, 1.807) is 0 Å². The number of aliphatic hydroxyl groups excluding tert-OH is 1. The zero-order chi connectivity index (χ0) is 17.5. The second kappa shape index (κ2) is 6.64. The van der Waals surface area contributed by atoms with Gasteiger partial charge in [0.25, 0.3) is 0 Å². The fourth-order valence-electron chi connectivity index (χ4n) is 4.16. The number of carbonyl (C=O) groups excluding carboxylic acids is 1. The molecule has 2 saturated heterocycles. The summed E-state index contributed by atoms with van der Waals surface area (Å²) in [6.45, 7) is 10.3. The van der Waals surface area contributed by atoms with E-state index in [4.69, 9.17) is 9.47 Å². The Morgan fingerprint density at radius 2 is 2.17 bits per heavy atom. The van der Waals surface area contributed by atoms with Gasteiger partial charge < -0.3 is 14.6 Å². The molecule has 0 bridgehead atoms. The van der Waals surface area contributed by atoms with Crippen molar-refractivity contribution < 1.29 is 19.4 Å². The molecular weight excluding hydrogens is 304 g/mol. The van der Waals surface area contributed by atoms with E-state index in [1.165, 1.54) is 5.57 Å². The number of carbonyl (C=O) groups is 1. The number of epoxide rings is 1. The van der Waals surface area contributed by atoms with Crippen LogP contribution in [0.1, 0.15) is 59.3 Å². The SMILES string of the molecule is C=C1C(=O)O[C@H]2[C@H](O)[C@@H](C)CCC/C(C)=C/CCC3(C)O[C@@H]3C[C@@H]12. The van der Waals surface area contributed by atoms with Crippen LogP contribution in [0.5, 0.6) is 0 Å². The third kappa shape index (κ3) is 3.45. The highest BCUT2D eigenvalue weighted by Crippen LogP contribution is 2.47. The van der Waals surface area contributed by atoms with Crippen LogP contribution in [0.2, 0.25) is 0 Å². The first-order valence-corrected chi connectivity index (χ1v) is 9.23. The Morgan fingerprint density at radius 1 is 1.42 bits per heavy atom. The minimum Gasteiger partial charge on any atom is -0.456 e. The zero-order valence-corrected chi connectivity index (χ0v) is 15.1. The number of hydrogen-bond donors (Lipinski definition) is 1. The average Bonchev–Trinajstić information content (AvgIpc) is 3.08. The number of hydrogen-bond acceptors (Lipinski definition) is 4. The maximum atomic E-state index is 12.0. The molecule has 1 N–H and O–H groups in total. The highest BCUT2D eigenvalue weighted by Gasteiger charge is 2.55. The van der Waals surface area contributed by atoms with Crippen molar-refractivity contribution in [2.45, 2.75) is 83.2 Å². The second-order valence-corrected chi connectivity index (χ2v) is 8.11. The van der Waals surface area contributed by atoms with Gasteiger partial charge in [-0.15, -0.1) is 0 Å².